The number of benzene rings is 2. The summed E-state index contributed by atoms with van der Waals surface area (Å²) in [6.45, 7) is 2.83. The fraction of sp³-hybridized carbons (Fsp3) is 0.267. The third-order valence-electron chi connectivity index (χ3n) is 2.98. The van der Waals surface area contributed by atoms with E-state index in [0.717, 1.165) is 13.0 Å². The first-order valence-corrected chi connectivity index (χ1v) is 7.19. The largest absolute Gasteiger partial charge is 0.307 e. The first-order chi connectivity index (χ1) is 8.70. The standard InChI is InChI=1S/C15H16INO/c1-2-17-14(15(16)18)10-11-7-8-12-5-3-4-6-13(12)9-11/h3-9,14,17H,2,10H2,1H3/t14-/m0/s1. The minimum Gasteiger partial charge on any atom is -0.307 e. The van der Waals surface area contributed by atoms with Crippen LogP contribution in [0, 0.1) is 0 Å². The van der Waals surface area contributed by atoms with Crippen molar-refractivity contribution in [1.29, 1.82) is 0 Å². The molecule has 0 bridgehead atoms. The zero-order chi connectivity index (χ0) is 13.0. The lowest BCUT2D eigenvalue weighted by molar-refractivity contribution is -0.111. The monoisotopic (exact) mass is 353 g/mol. The van der Waals surface area contributed by atoms with Gasteiger partial charge in [0.15, 0.2) is 0 Å². The van der Waals surface area contributed by atoms with Gasteiger partial charge in [0.1, 0.15) is 0 Å². The van der Waals surface area contributed by atoms with E-state index in [0.29, 0.717) is 0 Å². The van der Waals surface area contributed by atoms with Gasteiger partial charge in [0.2, 0.25) is 3.79 Å². The molecule has 2 rings (SSSR count). The molecule has 0 amide bonds. The van der Waals surface area contributed by atoms with Gasteiger partial charge >= 0.3 is 0 Å². The Hall–Kier alpha value is -0.940. The van der Waals surface area contributed by atoms with Crippen molar-refractivity contribution in [3.63, 3.8) is 0 Å². The lowest BCUT2D eigenvalue weighted by atomic mass is 10.0. The smallest absolute Gasteiger partial charge is 0.209 e. The van der Waals surface area contributed by atoms with Crippen molar-refractivity contribution in [2.24, 2.45) is 0 Å². The number of carbonyl (C=O) groups excluding carboxylic acids is 1. The van der Waals surface area contributed by atoms with Gasteiger partial charge in [0, 0.05) is 22.6 Å². The molecule has 0 spiro atoms. The minimum absolute atomic E-state index is 0.0863. The van der Waals surface area contributed by atoms with Crippen LogP contribution in [0.2, 0.25) is 0 Å². The normalized spacial score (nSPS) is 12.6. The number of halogens is 1. The summed E-state index contributed by atoms with van der Waals surface area (Å²) in [7, 11) is 0. The average Bonchev–Trinajstić information content (AvgIpc) is 2.38. The topological polar surface area (TPSA) is 29.1 Å². The van der Waals surface area contributed by atoms with Crippen LogP contribution in [0.5, 0.6) is 0 Å². The van der Waals surface area contributed by atoms with Crippen molar-refractivity contribution in [1.82, 2.24) is 5.32 Å². The van der Waals surface area contributed by atoms with Gasteiger partial charge in [0.25, 0.3) is 0 Å². The van der Waals surface area contributed by atoms with Crippen LogP contribution in [0.25, 0.3) is 10.8 Å². The molecule has 1 N–H and O–H groups in total. The van der Waals surface area contributed by atoms with E-state index >= 15 is 0 Å². The number of hydrogen-bond acceptors (Lipinski definition) is 2. The highest BCUT2D eigenvalue weighted by Gasteiger charge is 2.14. The summed E-state index contributed by atoms with van der Waals surface area (Å²) in [5, 5.41) is 5.69. The summed E-state index contributed by atoms with van der Waals surface area (Å²) >= 11 is 1.87. The summed E-state index contributed by atoms with van der Waals surface area (Å²) in [5.41, 5.74) is 1.20. The van der Waals surface area contributed by atoms with Crippen molar-refractivity contribution in [3.05, 3.63) is 48.0 Å². The van der Waals surface area contributed by atoms with Crippen molar-refractivity contribution in [2.45, 2.75) is 19.4 Å². The highest BCUT2D eigenvalue weighted by molar-refractivity contribution is 14.1. The molecular weight excluding hydrogens is 337 g/mol. The molecule has 0 saturated carbocycles. The van der Waals surface area contributed by atoms with Crippen molar-refractivity contribution in [3.8, 4) is 0 Å². The van der Waals surface area contributed by atoms with Crippen LogP contribution >= 0.6 is 22.6 Å². The van der Waals surface area contributed by atoms with E-state index in [1.54, 1.807) is 0 Å². The highest BCUT2D eigenvalue weighted by atomic mass is 127. The van der Waals surface area contributed by atoms with E-state index in [4.69, 9.17) is 0 Å². The Bertz CT molecular complexity index is 553. The fourth-order valence-electron chi connectivity index (χ4n) is 2.08. The van der Waals surface area contributed by atoms with Gasteiger partial charge in [-0.1, -0.05) is 49.4 Å². The number of rotatable bonds is 5. The first kappa shape index (κ1) is 13.5. The zero-order valence-electron chi connectivity index (χ0n) is 10.3. The molecule has 0 aliphatic carbocycles. The molecule has 2 aromatic carbocycles. The van der Waals surface area contributed by atoms with Gasteiger partial charge in [-0.15, -0.1) is 0 Å². The Morgan fingerprint density at radius 2 is 1.94 bits per heavy atom. The van der Waals surface area contributed by atoms with Gasteiger partial charge in [-0.2, -0.15) is 0 Å². The molecule has 3 heteroatoms. The van der Waals surface area contributed by atoms with Crippen LogP contribution in [0.4, 0.5) is 0 Å². The van der Waals surface area contributed by atoms with Crippen LogP contribution < -0.4 is 5.32 Å². The fourth-order valence-corrected chi connectivity index (χ4v) is 2.52. The summed E-state index contributed by atoms with van der Waals surface area (Å²) < 4.78 is 0.169. The molecule has 0 saturated heterocycles. The summed E-state index contributed by atoms with van der Waals surface area (Å²) in [4.78, 5) is 11.5. The Labute approximate surface area is 121 Å². The molecule has 0 aromatic heterocycles. The van der Waals surface area contributed by atoms with Gasteiger partial charge in [-0.25, -0.2) is 0 Å². The Morgan fingerprint density at radius 3 is 2.61 bits per heavy atom. The Morgan fingerprint density at radius 1 is 1.22 bits per heavy atom. The van der Waals surface area contributed by atoms with Crippen LogP contribution in [-0.4, -0.2) is 16.4 Å². The number of likely N-dealkylation sites (N-methyl/N-ethyl adjacent to an activating group) is 1. The van der Waals surface area contributed by atoms with Crippen LogP contribution in [0.1, 0.15) is 12.5 Å². The van der Waals surface area contributed by atoms with Crippen molar-refractivity contribution < 1.29 is 4.79 Å². The van der Waals surface area contributed by atoms with E-state index < -0.39 is 0 Å². The third kappa shape index (κ3) is 3.29. The van der Waals surface area contributed by atoms with Crippen molar-refractivity contribution in [2.75, 3.05) is 6.54 Å². The predicted molar refractivity (Wildman–Crippen MR) is 84.1 cm³/mol. The van der Waals surface area contributed by atoms with E-state index in [1.165, 1.54) is 16.3 Å². The number of hydrogen-bond donors (Lipinski definition) is 1. The lowest BCUT2D eigenvalue weighted by Crippen LogP contribution is -2.35. The zero-order valence-corrected chi connectivity index (χ0v) is 12.5. The minimum atomic E-state index is -0.0863. The highest BCUT2D eigenvalue weighted by Crippen LogP contribution is 2.17. The molecule has 0 fully saturated rings. The number of fused-ring (bicyclic) bond motifs is 1. The van der Waals surface area contributed by atoms with Crippen LogP contribution in [-0.2, 0) is 11.2 Å². The molecule has 2 nitrogen and oxygen atoms in total. The molecule has 0 heterocycles. The molecule has 18 heavy (non-hydrogen) atoms. The molecule has 0 aliphatic rings. The quantitative estimate of drug-likeness (QED) is 0.660. The SMILES string of the molecule is CCN[C@@H](Cc1ccc2ccccc2c1)C(=O)I. The molecule has 0 radical (unpaired) electrons. The van der Waals surface area contributed by atoms with Gasteiger partial charge < -0.3 is 5.32 Å². The molecule has 0 aliphatic heterocycles. The Kier molecular flexibility index (Phi) is 4.72. The van der Waals surface area contributed by atoms with Gasteiger partial charge in [-0.05, 0) is 29.3 Å². The third-order valence-corrected chi connectivity index (χ3v) is 3.73. The second-order valence-electron chi connectivity index (χ2n) is 4.30. The number of nitrogens with one attached hydrogen (secondary N) is 1. The number of carbonyl (C=O) groups is 1. The van der Waals surface area contributed by atoms with Crippen molar-refractivity contribution >= 4 is 37.2 Å². The maximum absolute atomic E-state index is 11.5. The summed E-state index contributed by atoms with van der Waals surface area (Å²) in [6, 6.07) is 14.6. The van der Waals surface area contributed by atoms with Gasteiger partial charge in [0.05, 0.1) is 6.04 Å². The molecule has 1 atom stereocenters. The van der Waals surface area contributed by atoms with Crippen LogP contribution in [0.15, 0.2) is 42.5 Å². The average molecular weight is 353 g/mol. The molecule has 2 aromatic rings. The van der Waals surface area contributed by atoms with Gasteiger partial charge in [-0.3, -0.25) is 4.79 Å². The van der Waals surface area contributed by atoms with E-state index in [2.05, 4.69) is 35.6 Å². The summed E-state index contributed by atoms with van der Waals surface area (Å²) in [6.07, 6.45) is 0.750. The second kappa shape index (κ2) is 6.29. The van der Waals surface area contributed by atoms with E-state index in [1.807, 2.05) is 41.6 Å². The van der Waals surface area contributed by atoms with Crippen LogP contribution in [0.3, 0.4) is 0 Å². The maximum atomic E-state index is 11.5. The van der Waals surface area contributed by atoms with E-state index in [9.17, 15) is 4.79 Å². The lowest BCUT2D eigenvalue weighted by Gasteiger charge is -2.14. The molecule has 0 unspecified atom stereocenters. The maximum Gasteiger partial charge on any atom is 0.209 e. The second-order valence-corrected chi connectivity index (χ2v) is 5.36. The summed E-state index contributed by atoms with van der Waals surface area (Å²) in [5.74, 6) is 0. The first-order valence-electron chi connectivity index (χ1n) is 6.11. The predicted octanol–water partition coefficient (Wildman–Crippen LogP) is 3.32. The Balaban J connectivity index is 2.22. The molecule has 94 valence electrons. The molecular formula is C15H16INO. The van der Waals surface area contributed by atoms with E-state index in [-0.39, 0.29) is 9.83 Å².